The fourth-order valence-electron chi connectivity index (χ4n) is 4.46. The molecule has 2 aliphatic rings. The molecule has 8 heteroatoms. The van der Waals surface area contributed by atoms with E-state index in [0.29, 0.717) is 25.5 Å². The first-order chi connectivity index (χ1) is 15.0. The van der Waals surface area contributed by atoms with Crippen molar-refractivity contribution in [2.75, 3.05) is 38.3 Å². The summed E-state index contributed by atoms with van der Waals surface area (Å²) in [7, 11) is 1.65. The van der Waals surface area contributed by atoms with Crippen LogP contribution in [0.5, 0.6) is 11.5 Å². The lowest BCUT2D eigenvalue weighted by Gasteiger charge is -2.36. The first-order valence-electron chi connectivity index (χ1n) is 11.0. The third-order valence-electron chi connectivity index (χ3n) is 5.79. The lowest BCUT2D eigenvalue weighted by atomic mass is 10.1. The first-order valence-corrected chi connectivity index (χ1v) is 11.0. The van der Waals surface area contributed by atoms with Gasteiger partial charge in [-0.15, -0.1) is 0 Å². The average Bonchev–Trinajstić information content (AvgIpc) is 2.73. The zero-order chi connectivity index (χ0) is 22.0. The number of H-pyrrole nitrogens is 1. The summed E-state index contributed by atoms with van der Waals surface area (Å²) in [5, 5.41) is 0. The number of hydrogen-bond acceptors (Lipinski definition) is 7. The van der Waals surface area contributed by atoms with Crippen LogP contribution in [0.4, 0.5) is 5.95 Å². The number of methoxy groups -OCH3 is 1. The van der Waals surface area contributed by atoms with Gasteiger partial charge < -0.3 is 19.1 Å². The van der Waals surface area contributed by atoms with Crippen LogP contribution in [0.2, 0.25) is 0 Å². The molecule has 1 aromatic carbocycles. The van der Waals surface area contributed by atoms with Gasteiger partial charge in [0.05, 0.1) is 31.6 Å². The molecule has 2 aliphatic heterocycles. The summed E-state index contributed by atoms with van der Waals surface area (Å²) in [6, 6.07) is 6.04. The number of fused-ring (bicyclic) bond motifs is 1. The van der Waals surface area contributed by atoms with Crippen molar-refractivity contribution in [3.8, 4) is 11.5 Å². The lowest BCUT2D eigenvalue weighted by Crippen LogP contribution is -2.47. The highest BCUT2D eigenvalue weighted by molar-refractivity contribution is 5.43. The van der Waals surface area contributed by atoms with Crippen LogP contribution in [-0.2, 0) is 24.2 Å². The van der Waals surface area contributed by atoms with E-state index >= 15 is 0 Å². The van der Waals surface area contributed by atoms with Gasteiger partial charge in [-0.2, -0.15) is 0 Å². The fourth-order valence-corrected chi connectivity index (χ4v) is 4.46. The maximum atomic E-state index is 12.7. The summed E-state index contributed by atoms with van der Waals surface area (Å²) in [5.41, 5.74) is 2.80. The zero-order valence-electron chi connectivity index (χ0n) is 18.8. The number of benzene rings is 1. The third kappa shape index (κ3) is 4.85. The maximum Gasteiger partial charge on any atom is 0.255 e. The number of ether oxygens (including phenoxy) is 3. The second-order valence-electron chi connectivity index (χ2n) is 8.36. The highest BCUT2D eigenvalue weighted by Crippen LogP contribution is 2.29. The molecule has 1 N–H and O–H groups in total. The van der Waals surface area contributed by atoms with Gasteiger partial charge in [0.1, 0.15) is 0 Å². The van der Waals surface area contributed by atoms with Gasteiger partial charge in [-0.25, -0.2) is 4.98 Å². The standard InChI is InChI=1S/C23H32N4O4/c1-5-30-21-10-17(6-7-20(21)29-4)13-26-9-8-18-19(14-26)24-23(25-22(18)28)27-11-15(2)31-16(3)12-27/h6-7,10,15-16H,5,8-9,11-14H2,1-4H3,(H,24,25,28). The number of rotatable bonds is 6. The summed E-state index contributed by atoms with van der Waals surface area (Å²) in [5.74, 6) is 2.14. The molecule has 0 spiro atoms. The molecule has 2 unspecified atom stereocenters. The van der Waals surface area contributed by atoms with E-state index in [1.807, 2.05) is 32.9 Å². The highest BCUT2D eigenvalue weighted by Gasteiger charge is 2.27. The highest BCUT2D eigenvalue weighted by atomic mass is 16.5. The SMILES string of the molecule is CCOc1cc(CN2CCc3c(nc(N4CC(C)OC(C)C4)[nH]c3=O)C2)ccc1OC. The number of anilines is 1. The minimum atomic E-state index is -0.0190. The van der Waals surface area contributed by atoms with Gasteiger partial charge >= 0.3 is 0 Å². The van der Waals surface area contributed by atoms with E-state index in [4.69, 9.17) is 19.2 Å². The van der Waals surface area contributed by atoms with Gasteiger partial charge in [-0.05, 0) is 44.9 Å². The molecule has 0 bridgehead atoms. The molecule has 0 aliphatic carbocycles. The second kappa shape index (κ2) is 9.28. The minimum Gasteiger partial charge on any atom is -0.493 e. The van der Waals surface area contributed by atoms with Crippen molar-refractivity contribution in [2.24, 2.45) is 0 Å². The molecular formula is C23H32N4O4. The number of aromatic nitrogens is 2. The van der Waals surface area contributed by atoms with Crippen LogP contribution >= 0.6 is 0 Å². The van der Waals surface area contributed by atoms with Gasteiger partial charge in [0.25, 0.3) is 5.56 Å². The molecule has 0 saturated carbocycles. The van der Waals surface area contributed by atoms with Gasteiger partial charge in [0, 0.05) is 38.3 Å². The van der Waals surface area contributed by atoms with Crippen molar-refractivity contribution in [1.82, 2.24) is 14.9 Å². The Morgan fingerprint density at radius 2 is 2.00 bits per heavy atom. The Morgan fingerprint density at radius 3 is 2.71 bits per heavy atom. The van der Waals surface area contributed by atoms with Crippen molar-refractivity contribution < 1.29 is 14.2 Å². The monoisotopic (exact) mass is 428 g/mol. The minimum absolute atomic E-state index is 0.0190. The molecule has 1 saturated heterocycles. The number of morpholine rings is 1. The molecule has 3 heterocycles. The molecule has 1 fully saturated rings. The summed E-state index contributed by atoms with van der Waals surface area (Å²) >= 11 is 0. The van der Waals surface area contributed by atoms with E-state index < -0.39 is 0 Å². The van der Waals surface area contributed by atoms with E-state index in [0.717, 1.165) is 54.5 Å². The third-order valence-corrected chi connectivity index (χ3v) is 5.79. The van der Waals surface area contributed by atoms with E-state index in [-0.39, 0.29) is 17.8 Å². The summed E-state index contributed by atoms with van der Waals surface area (Å²) in [6.45, 7) is 10.3. The Bertz CT molecular complexity index is 967. The molecule has 0 amide bonds. The second-order valence-corrected chi connectivity index (χ2v) is 8.36. The van der Waals surface area contributed by atoms with Crippen LogP contribution in [-0.4, -0.2) is 60.4 Å². The summed E-state index contributed by atoms with van der Waals surface area (Å²) in [4.78, 5) is 25.0. The molecule has 0 radical (unpaired) electrons. The molecule has 8 nitrogen and oxygen atoms in total. The topological polar surface area (TPSA) is 79.9 Å². The van der Waals surface area contributed by atoms with Crippen LogP contribution in [0.1, 0.15) is 37.6 Å². The van der Waals surface area contributed by atoms with Crippen molar-refractivity contribution in [3.05, 3.63) is 45.4 Å². The fraction of sp³-hybridized carbons (Fsp3) is 0.565. The maximum absolute atomic E-state index is 12.7. The van der Waals surface area contributed by atoms with E-state index in [2.05, 4.69) is 20.9 Å². The smallest absolute Gasteiger partial charge is 0.255 e. The zero-order valence-corrected chi connectivity index (χ0v) is 18.8. The first kappa shape index (κ1) is 21.6. The summed E-state index contributed by atoms with van der Waals surface area (Å²) < 4.78 is 16.9. The quantitative estimate of drug-likeness (QED) is 0.757. The van der Waals surface area contributed by atoms with Crippen LogP contribution in [0.15, 0.2) is 23.0 Å². The lowest BCUT2D eigenvalue weighted by molar-refractivity contribution is -0.00576. The van der Waals surface area contributed by atoms with Crippen molar-refractivity contribution in [1.29, 1.82) is 0 Å². The van der Waals surface area contributed by atoms with Gasteiger partial charge in [0.15, 0.2) is 11.5 Å². The van der Waals surface area contributed by atoms with Crippen LogP contribution in [0.25, 0.3) is 0 Å². The predicted molar refractivity (Wildman–Crippen MR) is 119 cm³/mol. The molecule has 2 atom stereocenters. The Labute approximate surface area is 183 Å². The number of aromatic amines is 1. The molecule has 1 aromatic heterocycles. The summed E-state index contributed by atoms with van der Waals surface area (Å²) in [6.07, 6.45) is 0.912. The van der Waals surface area contributed by atoms with Gasteiger partial charge in [-0.1, -0.05) is 6.07 Å². The van der Waals surface area contributed by atoms with Crippen molar-refractivity contribution in [3.63, 3.8) is 0 Å². The van der Waals surface area contributed by atoms with Gasteiger partial charge in [0.2, 0.25) is 5.95 Å². The van der Waals surface area contributed by atoms with Crippen LogP contribution in [0, 0.1) is 0 Å². The number of hydrogen-bond donors (Lipinski definition) is 1. The average molecular weight is 429 g/mol. The number of nitrogens with one attached hydrogen (secondary N) is 1. The van der Waals surface area contributed by atoms with Crippen molar-refractivity contribution >= 4 is 5.95 Å². The predicted octanol–water partition coefficient (Wildman–Crippen LogP) is 2.35. The molecule has 2 aromatic rings. The largest absolute Gasteiger partial charge is 0.493 e. The Morgan fingerprint density at radius 1 is 1.23 bits per heavy atom. The number of nitrogens with zero attached hydrogens (tertiary/aromatic N) is 3. The molecular weight excluding hydrogens is 396 g/mol. The molecule has 4 rings (SSSR count). The van der Waals surface area contributed by atoms with E-state index in [1.165, 1.54) is 0 Å². The van der Waals surface area contributed by atoms with E-state index in [9.17, 15) is 4.79 Å². The Kier molecular flexibility index (Phi) is 6.48. The Hall–Kier alpha value is -2.58. The van der Waals surface area contributed by atoms with Crippen molar-refractivity contribution in [2.45, 2.75) is 52.5 Å². The molecule has 31 heavy (non-hydrogen) atoms. The van der Waals surface area contributed by atoms with E-state index in [1.54, 1.807) is 7.11 Å². The van der Waals surface area contributed by atoms with Crippen LogP contribution < -0.4 is 19.9 Å². The Balaban J connectivity index is 1.52. The molecule has 168 valence electrons. The van der Waals surface area contributed by atoms with Gasteiger partial charge in [-0.3, -0.25) is 14.7 Å². The normalized spacial score (nSPS) is 21.6. The van der Waals surface area contributed by atoms with Crippen LogP contribution in [0.3, 0.4) is 0 Å².